The van der Waals surface area contributed by atoms with Crippen molar-refractivity contribution in [2.45, 2.75) is 19.4 Å². The molecule has 0 spiro atoms. The molecule has 1 heterocycles. The number of ether oxygens (including phenoxy) is 3. The lowest BCUT2D eigenvalue weighted by Gasteiger charge is -2.10. The highest BCUT2D eigenvalue weighted by molar-refractivity contribution is 9.10. The minimum atomic E-state index is -0.544. The maximum atomic E-state index is 11.7. The molecule has 2 aromatic rings. The summed E-state index contributed by atoms with van der Waals surface area (Å²) in [4.78, 5) is 23.3. The van der Waals surface area contributed by atoms with Crippen molar-refractivity contribution < 1.29 is 23.4 Å². The van der Waals surface area contributed by atoms with E-state index in [0.29, 0.717) is 33.2 Å². The SMILES string of the molecule is C#CCCC(=O)OCc1cc(=O)oc2cc(OCOC)c(Br)cc12. The zero-order valence-electron chi connectivity index (χ0n) is 13.0. The van der Waals surface area contributed by atoms with Crippen LogP contribution < -0.4 is 10.4 Å². The van der Waals surface area contributed by atoms with Crippen LogP contribution in [0.1, 0.15) is 18.4 Å². The molecule has 0 fully saturated rings. The number of esters is 1. The van der Waals surface area contributed by atoms with Crippen LogP contribution in [0.5, 0.6) is 5.75 Å². The molecule has 0 N–H and O–H groups in total. The van der Waals surface area contributed by atoms with E-state index < -0.39 is 11.6 Å². The maximum Gasteiger partial charge on any atom is 0.336 e. The number of rotatable bonds is 7. The first-order valence-electron chi connectivity index (χ1n) is 7.02. The van der Waals surface area contributed by atoms with Crippen molar-refractivity contribution >= 4 is 32.9 Å². The minimum Gasteiger partial charge on any atom is -0.466 e. The van der Waals surface area contributed by atoms with E-state index in [4.69, 9.17) is 25.1 Å². The lowest BCUT2D eigenvalue weighted by Crippen LogP contribution is -2.07. The van der Waals surface area contributed by atoms with Gasteiger partial charge in [0.05, 0.1) is 10.9 Å². The van der Waals surface area contributed by atoms with E-state index in [1.165, 1.54) is 13.2 Å². The monoisotopic (exact) mass is 394 g/mol. The summed E-state index contributed by atoms with van der Waals surface area (Å²) in [5.74, 6) is 2.42. The van der Waals surface area contributed by atoms with Crippen LogP contribution in [0.2, 0.25) is 0 Å². The molecule has 126 valence electrons. The molecule has 0 unspecified atom stereocenters. The van der Waals surface area contributed by atoms with Gasteiger partial charge >= 0.3 is 11.6 Å². The predicted molar refractivity (Wildman–Crippen MR) is 90.6 cm³/mol. The van der Waals surface area contributed by atoms with E-state index in [2.05, 4.69) is 21.9 Å². The molecule has 24 heavy (non-hydrogen) atoms. The summed E-state index contributed by atoms with van der Waals surface area (Å²) in [6, 6.07) is 4.59. The number of carbonyl (C=O) groups excluding carboxylic acids is 1. The summed E-state index contributed by atoms with van der Waals surface area (Å²) in [6.07, 6.45) is 5.55. The van der Waals surface area contributed by atoms with Crippen molar-refractivity contribution in [2.24, 2.45) is 0 Å². The number of methoxy groups -OCH3 is 1. The van der Waals surface area contributed by atoms with Gasteiger partial charge in [-0.3, -0.25) is 4.79 Å². The zero-order chi connectivity index (χ0) is 17.5. The number of hydrogen-bond acceptors (Lipinski definition) is 6. The van der Waals surface area contributed by atoms with E-state index in [-0.39, 0.29) is 19.8 Å². The zero-order valence-corrected chi connectivity index (χ0v) is 14.6. The highest BCUT2D eigenvalue weighted by atomic mass is 79.9. The number of benzene rings is 1. The number of fused-ring (bicyclic) bond motifs is 1. The van der Waals surface area contributed by atoms with Gasteiger partial charge in [-0.25, -0.2) is 4.79 Å². The van der Waals surface area contributed by atoms with Crippen molar-refractivity contribution in [1.29, 1.82) is 0 Å². The van der Waals surface area contributed by atoms with Crippen LogP contribution in [-0.2, 0) is 20.9 Å². The first-order valence-corrected chi connectivity index (χ1v) is 7.81. The van der Waals surface area contributed by atoms with Crippen molar-refractivity contribution in [3.05, 3.63) is 38.7 Å². The Morgan fingerprint density at radius 2 is 2.17 bits per heavy atom. The van der Waals surface area contributed by atoms with Gasteiger partial charge in [-0.1, -0.05) is 0 Å². The number of halogens is 1. The first kappa shape index (κ1) is 18.0. The number of terminal acetylenes is 1. The molecule has 2 rings (SSSR count). The van der Waals surface area contributed by atoms with E-state index in [1.54, 1.807) is 12.1 Å². The molecular formula is C17H15BrO6. The second kappa shape index (κ2) is 8.52. The van der Waals surface area contributed by atoms with Crippen molar-refractivity contribution in [1.82, 2.24) is 0 Å². The molecular weight excluding hydrogens is 380 g/mol. The van der Waals surface area contributed by atoms with Crippen LogP contribution in [0.4, 0.5) is 0 Å². The molecule has 0 saturated carbocycles. The van der Waals surface area contributed by atoms with Crippen molar-refractivity contribution in [3.8, 4) is 18.1 Å². The topological polar surface area (TPSA) is 75.0 Å². The lowest BCUT2D eigenvalue weighted by molar-refractivity contribution is -0.144. The maximum absolute atomic E-state index is 11.7. The van der Waals surface area contributed by atoms with E-state index in [0.717, 1.165) is 0 Å². The summed E-state index contributed by atoms with van der Waals surface area (Å²) in [5, 5.41) is 0.635. The number of carbonyl (C=O) groups is 1. The molecule has 0 aliphatic carbocycles. The van der Waals surface area contributed by atoms with Gasteiger partial charge in [0.2, 0.25) is 0 Å². The second-order valence-electron chi connectivity index (χ2n) is 4.79. The Balaban J connectivity index is 2.30. The van der Waals surface area contributed by atoms with Crippen LogP contribution in [-0.4, -0.2) is 19.9 Å². The number of hydrogen-bond donors (Lipinski definition) is 0. The van der Waals surface area contributed by atoms with E-state index in [1.807, 2.05) is 0 Å². The van der Waals surface area contributed by atoms with E-state index >= 15 is 0 Å². The summed E-state index contributed by atoms with van der Waals surface area (Å²) < 4.78 is 21.2. The molecule has 1 aromatic carbocycles. The van der Waals surface area contributed by atoms with Gasteiger partial charge in [-0.15, -0.1) is 12.3 Å². The summed E-state index contributed by atoms with van der Waals surface area (Å²) in [6.45, 7) is 0.0110. The lowest BCUT2D eigenvalue weighted by atomic mass is 10.1. The van der Waals surface area contributed by atoms with Gasteiger partial charge < -0.3 is 18.6 Å². The highest BCUT2D eigenvalue weighted by Crippen LogP contribution is 2.31. The molecule has 0 bridgehead atoms. The average Bonchev–Trinajstić information content (AvgIpc) is 2.56. The molecule has 0 atom stereocenters. The smallest absolute Gasteiger partial charge is 0.336 e. The third-order valence-electron chi connectivity index (χ3n) is 3.08. The molecule has 7 heteroatoms. The molecule has 0 amide bonds. The third-order valence-corrected chi connectivity index (χ3v) is 3.70. The Morgan fingerprint density at radius 1 is 1.38 bits per heavy atom. The van der Waals surface area contributed by atoms with E-state index in [9.17, 15) is 9.59 Å². The predicted octanol–water partition coefficient (Wildman–Crippen LogP) is 2.99. The van der Waals surface area contributed by atoms with Gasteiger partial charge in [-0.2, -0.15) is 0 Å². The van der Waals surface area contributed by atoms with Gasteiger partial charge in [0.1, 0.15) is 17.9 Å². The Bertz CT molecular complexity index is 833. The highest BCUT2D eigenvalue weighted by Gasteiger charge is 2.12. The average molecular weight is 395 g/mol. The first-order chi connectivity index (χ1) is 11.5. The van der Waals surface area contributed by atoms with Gasteiger partial charge in [0, 0.05) is 36.6 Å². The summed E-state index contributed by atoms with van der Waals surface area (Å²) in [7, 11) is 1.50. The van der Waals surface area contributed by atoms with Crippen LogP contribution in [0.3, 0.4) is 0 Å². The Hall–Kier alpha value is -2.30. The molecule has 1 aromatic heterocycles. The van der Waals surface area contributed by atoms with Gasteiger partial charge in [0.25, 0.3) is 0 Å². The molecule has 0 radical (unpaired) electrons. The van der Waals surface area contributed by atoms with Crippen LogP contribution in [0.15, 0.2) is 31.9 Å². The van der Waals surface area contributed by atoms with Crippen molar-refractivity contribution in [2.75, 3.05) is 13.9 Å². The Kier molecular flexibility index (Phi) is 6.41. The van der Waals surface area contributed by atoms with Gasteiger partial charge in [-0.05, 0) is 22.0 Å². The molecule has 0 saturated heterocycles. The Morgan fingerprint density at radius 3 is 2.88 bits per heavy atom. The van der Waals surface area contributed by atoms with Crippen molar-refractivity contribution in [3.63, 3.8) is 0 Å². The fourth-order valence-corrected chi connectivity index (χ4v) is 2.44. The molecule has 6 nitrogen and oxygen atoms in total. The van der Waals surface area contributed by atoms with Crippen LogP contribution in [0, 0.1) is 12.3 Å². The molecule has 0 aliphatic heterocycles. The van der Waals surface area contributed by atoms with Crippen LogP contribution in [0.25, 0.3) is 11.0 Å². The summed E-state index contributed by atoms with van der Waals surface area (Å²) in [5.41, 5.74) is 0.318. The van der Waals surface area contributed by atoms with Crippen LogP contribution >= 0.6 is 15.9 Å². The fraction of sp³-hybridized carbons (Fsp3) is 0.294. The fourth-order valence-electron chi connectivity index (χ4n) is 1.99. The summed E-state index contributed by atoms with van der Waals surface area (Å²) >= 11 is 3.38. The second-order valence-corrected chi connectivity index (χ2v) is 5.64. The normalized spacial score (nSPS) is 10.4. The molecule has 0 aliphatic rings. The largest absolute Gasteiger partial charge is 0.466 e. The third kappa shape index (κ3) is 4.60. The Labute approximate surface area is 146 Å². The van der Waals surface area contributed by atoms with Gasteiger partial charge in [0.15, 0.2) is 6.79 Å². The quantitative estimate of drug-likeness (QED) is 0.311. The standard InChI is InChI=1S/C17H15BrO6/c1-3-4-5-16(19)22-9-11-6-17(20)24-14-8-15(23-10-21-2)13(18)7-12(11)14/h1,6-8H,4-5,9-10H2,2H3. The minimum absolute atomic E-state index is 0.0454.